The van der Waals surface area contributed by atoms with E-state index < -0.39 is 13.0 Å². The lowest BCUT2D eigenvalue weighted by Gasteiger charge is -2.33. The van der Waals surface area contributed by atoms with Crippen molar-refractivity contribution in [1.29, 1.82) is 0 Å². The number of fused-ring (bicyclic) bond motifs is 2. The molecular formula is C19H20F2N8. The van der Waals surface area contributed by atoms with E-state index in [9.17, 15) is 8.78 Å². The summed E-state index contributed by atoms with van der Waals surface area (Å²) in [5.74, 6) is 1.79. The summed E-state index contributed by atoms with van der Waals surface area (Å²) in [5.41, 5.74) is 2.81. The maximum Gasteiger partial charge on any atom is 0.256 e. The second-order valence-corrected chi connectivity index (χ2v) is 7.62. The molecule has 1 N–H and O–H groups in total. The Bertz CT molecular complexity index is 1190. The fraction of sp³-hybridized carbons (Fsp3) is 0.421. The minimum absolute atomic E-state index is 0.345. The second kappa shape index (κ2) is 6.71. The number of aryl methyl sites for hydroxylation is 1. The molecular weight excluding hydrogens is 378 g/mol. The molecule has 0 radical (unpaired) electrons. The van der Waals surface area contributed by atoms with Crippen LogP contribution in [0.1, 0.15) is 25.6 Å². The lowest BCUT2D eigenvalue weighted by Crippen LogP contribution is -2.34. The predicted octanol–water partition coefficient (Wildman–Crippen LogP) is 3.32. The van der Waals surface area contributed by atoms with Gasteiger partial charge in [-0.15, -0.1) is 5.10 Å². The van der Waals surface area contributed by atoms with E-state index in [2.05, 4.69) is 37.3 Å². The van der Waals surface area contributed by atoms with Gasteiger partial charge >= 0.3 is 0 Å². The fourth-order valence-corrected chi connectivity index (χ4v) is 3.87. The van der Waals surface area contributed by atoms with Crippen molar-refractivity contribution in [2.24, 2.45) is 5.92 Å². The van der Waals surface area contributed by atoms with Gasteiger partial charge in [0.15, 0.2) is 11.3 Å². The van der Waals surface area contributed by atoms with Crippen molar-refractivity contribution in [2.45, 2.75) is 45.7 Å². The van der Waals surface area contributed by atoms with Crippen LogP contribution in [0.3, 0.4) is 0 Å². The van der Waals surface area contributed by atoms with E-state index >= 15 is 0 Å². The second-order valence-electron chi connectivity index (χ2n) is 7.62. The van der Waals surface area contributed by atoms with Crippen LogP contribution in [-0.2, 0) is 6.54 Å². The van der Waals surface area contributed by atoms with Gasteiger partial charge in [0, 0.05) is 17.8 Å². The van der Waals surface area contributed by atoms with E-state index in [0.29, 0.717) is 34.8 Å². The van der Waals surface area contributed by atoms with Gasteiger partial charge < -0.3 is 9.88 Å². The first-order valence-electron chi connectivity index (χ1n) is 9.57. The summed E-state index contributed by atoms with van der Waals surface area (Å²) in [6.07, 6.45) is 4.91. The summed E-state index contributed by atoms with van der Waals surface area (Å²) in [5, 5.41) is 7.87. The van der Waals surface area contributed by atoms with Crippen LogP contribution < -0.4 is 5.32 Å². The third-order valence-electron chi connectivity index (χ3n) is 5.37. The number of rotatable bonds is 5. The van der Waals surface area contributed by atoms with Gasteiger partial charge in [-0.05, 0) is 31.7 Å². The van der Waals surface area contributed by atoms with Crippen molar-refractivity contribution in [3.8, 4) is 11.3 Å². The maximum absolute atomic E-state index is 12.9. The van der Waals surface area contributed by atoms with Gasteiger partial charge in [-0.25, -0.2) is 33.2 Å². The lowest BCUT2D eigenvalue weighted by molar-refractivity contribution is 0.127. The van der Waals surface area contributed by atoms with Gasteiger partial charge in [-0.3, -0.25) is 0 Å². The zero-order valence-corrected chi connectivity index (χ0v) is 16.0. The van der Waals surface area contributed by atoms with E-state index in [1.807, 2.05) is 12.3 Å². The molecule has 0 unspecified atom stereocenters. The zero-order valence-electron chi connectivity index (χ0n) is 16.0. The summed E-state index contributed by atoms with van der Waals surface area (Å²) in [4.78, 5) is 17.5. The molecule has 10 heteroatoms. The van der Waals surface area contributed by atoms with Crippen molar-refractivity contribution in [1.82, 2.24) is 34.1 Å². The molecule has 0 aliphatic heterocycles. The monoisotopic (exact) mass is 398 g/mol. The summed E-state index contributed by atoms with van der Waals surface area (Å²) in [6, 6.07) is 2.29. The van der Waals surface area contributed by atoms with E-state index in [4.69, 9.17) is 0 Å². The number of halogens is 2. The first-order chi connectivity index (χ1) is 14.0. The molecule has 1 aliphatic carbocycles. The molecule has 1 aliphatic rings. The molecule has 0 amide bonds. The normalized spacial score (nSPS) is 19.2. The first-order valence-corrected chi connectivity index (χ1v) is 9.57. The Morgan fingerprint density at radius 3 is 2.79 bits per heavy atom. The van der Waals surface area contributed by atoms with Gasteiger partial charge in [0.05, 0.1) is 30.1 Å². The van der Waals surface area contributed by atoms with Gasteiger partial charge in [-0.1, -0.05) is 6.92 Å². The van der Waals surface area contributed by atoms with Gasteiger partial charge in [0.2, 0.25) is 5.95 Å². The van der Waals surface area contributed by atoms with E-state index in [1.54, 1.807) is 23.8 Å². The number of nitrogens with one attached hydrogen (secondary N) is 1. The Kier molecular flexibility index (Phi) is 4.14. The van der Waals surface area contributed by atoms with Crippen molar-refractivity contribution >= 4 is 22.8 Å². The van der Waals surface area contributed by atoms with Crippen molar-refractivity contribution in [3.63, 3.8) is 0 Å². The summed E-state index contributed by atoms with van der Waals surface area (Å²) in [7, 11) is 0. The van der Waals surface area contributed by atoms with Crippen LogP contribution in [0.2, 0.25) is 0 Å². The highest BCUT2D eigenvalue weighted by Crippen LogP contribution is 2.29. The largest absolute Gasteiger partial charge is 0.350 e. The predicted molar refractivity (Wildman–Crippen MR) is 104 cm³/mol. The fourth-order valence-electron chi connectivity index (χ4n) is 3.87. The minimum atomic E-state index is -2.50. The average Bonchev–Trinajstić information content (AvgIpc) is 3.21. The molecule has 4 aromatic rings. The number of nitrogens with zero attached hydrogens (tertiary/aromatic N) is 7. The number of aromatic nitrogens is 7. The van der Waals surface area contributed by atoms with Crippen molar-refractivity contribution in [3.05, 3.63) is 30.5 Å². The third kappa shape index (κ3) is 3.18. The Labute approximate surface area is 165 Å². The topological polar surface area (TPSA) is 85.8 Å². The van der Waals surface area contributed by atoms with Crippen LogP contribution in [0, 0.1) is 12.8 Å². The summed E-state index contributed by atoms with van der Waals surface area (Å²) < 4.78 is 29.0. The number of hydrogen-bond donors (Lipinski definition) is 1. The summed E-state index contributed by atoms with van der Waals surface area (Å²) >= 11 is 0. The molecule has 0 bridgehead atoms. The standard InChI is InChI=1S/C19H20F2N8/c1-10-5-12(6-10)25-19-23-8-15-13(3-4-29(15)27-19)14-7-22-17-18(26-14)28(9-16(20)21)11(2)24-17/h3-4,7-8,10,12,16H,5-6,9H2,1-2H3,(H,25,27)/t10-,12+. The number of anilines is 1. The van der Waals surface area contributed by atoms with E-state index in [-0.39, 0.29) is 0 Å². The SMILES string of the molecule is Cc1nc2ncc(-c3ccn4nc(N[C@H]5C[C@@H](C)C5)ncc34)nc2n1CC(F)F. The Hall–Kier alpha value is -3.17. The zero-order chi connectivity index (χ0) is 20.1. The molecule has 0 saturated heterocycles. The van der Waals surface area contributed by atoms with Crippen LogP contribution in [0.15, 0.2) is 24.7 Å². The quantitative estimate of drug-likeness (QED) is 0.555. The molecule has 1 fully saturated rings. The highest BCUT2D eigenvalue weighted by Gasteiger charge is 2.26. The highest BCUT2D eigenvalue weighted by molar-refractivity contribution is 5.80. The third-order valence-corrected chi connectivity index (χ3v) is 5.37. The number of alkyl halides is 2. The Morgan fingerprint density at radius 1 is 1.21 bits per heavy atom. The van der Waals surface area contributed by atoms with Crippen LogP contribution in [0.5, 0.6) is 0 Å². The summed E-state index contributed by atoms with van der Waals surface area (Å²) in [6.45, 7) is 3.44. The van der Waals surface area contributed by atoms with Crippen LogP contribution in [-0.4, -0.2) is 46.6 Å². The smallest absolute Gasteiger partial charge is 0.256 e. The molecule has 29 heavy (non-hydrogen) atoms. The molecule has 150 valence electrons. The van der Waals surface area contributed by atoms with Gasteiger partial charge in [-0.2, -0.15) is 0 Å². The van der Waals surface area contributed by atoms with Gasteiger partial charge in [0.25, 0.3) is 6.43 Å². The lowest BCUT2D eigenvalue weighted by atomic mass is 9.82. The Balaban J connectivity index is 1.50. The molecule has 1 saturated carbocycles. The molecule has 0 spiro atoms. The van der Waals surface area contributed by atoms with Gasteiger partial charge in [0.1, 0.15) is 5.82 Å². The minimum Gasteiger partial charge on any atom is -0.350 e. The molecule has 4 aromatic heterocycles. The number of imidazole rings is 1. The Morgan fingerprint density at radius 2 is 2.03 bits per heavy atom. The van der Waals surface area contributed by atoms with E-state index in [0.717, 1.165) is 29.8 Å². The number of hydrogen-bond acceptors (Lipinski definition) is 6. The van der Waals surface area contributed by atoms with Crippen molar-refractivity contribution in [2.75, 3.05) is 5.32 Å². The average molecular weight is 398 g/mol. The molecule has 0 aromatic carbocycles. The first kappa shape index (κ1) is 17.9. The van der Waals surface area contributed by atoms with E-state index in [1.165, 1.54) is 4.57 Å². The molecule has 4 heterocycles. The maximum atomic E-state index is 12.9. The van der Waals surface area contributed by atoms with Crippen LogP contribution in [0.4, 0.5) is 14.7 Å². The van der Waals surface area contributed by atoms with Crippen LogP contribution in [0.25, 0.3) is 28.1 Å². The molecule has 5 rings (SSSR count). The van der Waals surface area contributed by atoms with Crippen molar-refractivity contribution < 1.29 is 8.78 Å². The molecule has 8 nitrogen and oxygen atoms in total. The van der Waals surface area contributed by atoms with Crippen LogP contribution >= 0.6 is 0 Å². The highest BCUT2D eigenvalue weighted by atomic mass is 19.3. The molecule has 0 atom stereocenters.